The van der Waals surface area contributed by atoms with E-state index in [0.717, 1.165) is 25.7 Å². The number of allylic oxidation sites excluding steroid dienone is 8. The van der Waals surface area contributed by atoms with E-state index in [1.54, 1.807) is 6.92 Å². The smallest absolute Gasteiger partial charge is 0.472 e. The normalized spacial score (nSPS) is 15.3. The minimum absolute atomic E-state index is 0.0361. The van der Waals surface area contributed by atoms with Crippen molar-refractivity contribution in [2.24, 2.45) is 5.73 Å². The largest absolute Gasteiger partial charge is 0.480 e. The molecule has 0 heterocycles. The van der Waals surface area contributed by atoms with E-state index < -0.39 is 51.1 Å². The number of phosphoric acid groups is 1. The van der Waals surface area contributed by atoms with Gasteiger partial charge in [-0.3, -0.25) is 23.4 Å². The number of carbonyl (C=O) groups excluding carboxylic acids is 2. The van der Waals surface area contributed by atoms with Crippen molar-refractivity contribution in [1.82, 2.24) is 0 Å². The van der Waals surface area contributed by atoms with Gasteiger partial charge in [0.15, 0.2) is 6.10 Å². The Bertz CT molecular complexity index is 853. The Labute approximate surface area is 225 Å². The lowest BCUT2D eigenvalue weighted by Crippen LogP contribution is -2.34. The number of rotatable bonds is 22. The fraction of sp³-hybridized carbons (Fsp3) is 0.577. The lowest BCUT2D eigenvalue weighted by atomic mass is 10.2. The number of hydrogen-bond donors (Lipinski definition) is 3. The molecule has 0 aromatic rings. The molecule has 11 nitrogen and oxygen atoms in total. The fourth-order valence-electron chi connectivity index (χ4n) is 2.58. The second-order valence-corrected chi connectivity index (χ2v) is 9.54. The molecule has 216 valence electrons. The van der Waals surface area contributed by atoms with E-state index in [9.17, 15) is 23.8 Å². The van der Waals surface area contributed by atoms with Crippen LogP contribution in [0.25, 0.3) is 0 Å². The van der Waals surface area contributed by atoms with Crippen LogP contribution in [-0.2, 0) is 37.5 Å². The van der Waals surface area contributed by atoms with Crippen molar-refractivity contribution in [3.63, 3.8) is 0 Å². The van der Waals surface area contributed by atoms with E-state index in [0.29, 0.717) is 12.8 Å². The number of carboxylic acid groups (broad SMARTS) is 1. The van der Waals surface area contributed by atoms with E-state index in [-0.39, 0.29) is 19.4 Å². The van der Waals surface area contributed by atoms with Gasteiger partial charge in [0.25, 0.3) is 0 Å². The molecule has 0 saturated heterocycles. The summed E-state index contributed by atoms with van der Waals surface area (Å²) >= 11 is 0. The van der Waals surface area contributed by atoms with Crippen molar-refractivity contribution in [2.45, 2.75) is 77.4 Å². The number of carbonyl (C=O) groups is 3. The summed E-state index contributed by atoms with van der Waals surface area (Å²) in [7, 11) is -4.69. The first-order valence-corrected chi connectivity index (χ1v) is 14.2. The number of nitrogens with two attached hydrogens (primary N) is 1. The summed E-state index contributed by atoms with van der Waals surface area (Å²) in [5, 5.41) is 8.72. The van der Waals surface area contributed by atoms with Gasteiger partial charge < -0.3 is 25.2 Å². The summed E-state index contributed by atoms with van der Waals surface area (Å²) in [6, 6.07) is -1.53. The van der Waals surface area contributed by atoms with Crippen LogP contribution in [0.3, 0.4) is 0 Å². The number of esters is 2. The van der Waals surface area contributed by atoms with Crippen molar-refractivity contribution in [3.05, 3.63) is 48.6 Å². The Kier molecular flexibility index (Phi) is 20.9. The van der Waals surface area contributed by atoms with Gasteiger partial charge in [0.2, 0.25) is 0 Å². The van der Waals surface area contributed by atoms with Gasteiger partial charge in [-0.05, 0) is 38.5 Å². The highest BCUT2D eigenvalue weighted by molar-refractivity contribution is 7.47. The van der Waals surface area contributed by atoms with E-state index >= 15 is 0 Å². The van der Waals surface area contributed by atoms with Gasteiger partial charge in [-0.15, -0.1) is 0 Å². The summed E-state index contributed by atoms with van der Waals surface area (Å²) in [5.74, 6) is -2.56. The molecule has 0 aliphatic rings. The van der Waals surface area contributed by atoms with Crippen molar-refractivity contribution in [2.75, 3.05) is 19.8 Å². The molecule has 3 unspecified atom stereocenters. The molecule has 0 aromatic heterocycles. The van der Waals surface area contributed by atoms with Crippen molar-refractivity contribution < 1.29 is 47.5 Å². The molecule has 0 aromatic carbocycles. The number of aliphatic carboxylic acids is 1. The van der Waals surface area contributed by atoms with Crippen LogP contribution in [-0.4, -0.2) is 59.9 Å². The molecule has 12 heteroatoms. The van der Waals surface area contributed by atoms with Crippen molar-refractivity contribution in [3.8, 4) is 0 Å². The van der Waals surface area contributed by atoms with Crippen LogP contribution < -0.4 is 5.73 Å². The molecule has 0 aliphatic carbocycles. The Balaban J connectivity index is 4.55. The zero-order valence-electron chi connectivity index (χ0n) is 22.2. The van der Waals surface area contributed by atoms with Crippen LogP contribution in [0, 0.1) is 0 Å². The summed E-state index contributed by atoms with van der Waals surface area (Å²) in [6.45, 7) is 2.11. The summed E-state index contributed by atoms with van der Waals surface area (Å²) in [5.41, 5.74) is 5.22. The van der Waals surface area contributed by atoms with Gasteiger partial charge in [0, 0.05) is 12.8 Å². The van der Waals surface area contributed by atoms with Crippen molar-refractivity contribution >= 4 is 25.7 Å². The molecule has 0 spiro atoms. The molecule has 3 atom stereocenters. The number of carboxylic acids is 1. The van der Waals surface area contributed by atoms with Crippen LogP contribution in [0.2, 0.25) is 0 Å². The highest BCUT2D eigenvalue weighted by Crippen LogP contribution is 2.43. The van der Waals surface area contributed by atoms with E-state index in [1.807, 2.05) is 18.2 Å². The Morgan fingerprint density at radius 1 is 0.816 bits per heavy atom. The molecule has 4 N–H and O–H groups in total. The third-order valence-corrected chi connectivity index (χ3v) is 5.53. The molecule has 0 amide bonds. The predicted molar refractivity (Wildman–Crippen MR) is 143 cm³/mol. The molecule has 0 bridgehead atoms. The van der Waals surface area contributed by atoms with E-state index in [4.69, 9.17) is 24.8 Å². The summed E-state index contributed by atoms with van der Waals surface area (Å²) in [6.07, 6.45) is 19.8. The van der Waals surface area contributed by atoms with Crippen LogP contribution >= 0.6 is 7.82 Å². The minimum atomic E-state index is -4.69. The van der Waals surface area contributed by atoms with Gasteiger partial charge >= 0.3 is 25.7 Å². The lowest BCUT2D eigenvalue weighted by Gasteiger charge is -2.20. The highest BCUT2D eigenvalue weighted by atomic mass is 31.2. The molecule has 0 saturated carbocycles. The highest BCUT2D eigenvalue weighted by Gasteiger charge is 2.28. The zero-order valence-corrected chi connectivity index (χ0v) is 23.1. The summed E-state index contributed by atoms with van der Waals surface area (Å²) in [4.78, 5) is 44.3. The number of phosphoric ester groups is 1. The predicted octanol–water partition coefficient (Wildman–Crippen LogP) is 4.37. The maximum atomic E-state index is 12.2. The molecule has 0 aliphatic heterocycles. The van der Waals surface area contributed by atoms with Crippen LogP contribution in [0.1, 0.15) is 65.2 Å². The first kappa shape index (κ1) is 35.4. The second-order valence-electron chi connectivity index (χ2n) is 8.09. The Morgan fingerprint density at radius 2 is 1.37 bits per heavy atom. The Morgan fingerprint density at radius 3 is 1.92 bits per heavy atom. The van der Waals surface area contributed by atoms with Gasteiger partial charge in [0.1, 0.15) is 12.6 Å². The van der Waals surface area contributed by atoms with Gasteiger partial charge in [-0.2, -0.15) is 0 Å². The quantitative estimate of drug-likeness (QED) is 0.0977. The number of ether oxygens (including phenoxy) is 2. The molecule has 0 rings (SSSR count). The average molecular weight is 560 g/mol. The third kappa shape index (κ3) is 21.5. The van der Waals surface area contributed by atoms with Crippen LogP contribution in [0.5, 0.6) is 0 Å². The standard InChI is InChI=1S/C26H42NO10P/c1-3-5-6-7-8-9-10-11-12-13-14-15-16-18-25(29)37-22(19-34-24(28)17-4-2)20-35-38(32,33)36-21-23(27)26(30)31/h5-6,8-9,11-12,14-15,22-23H,3-4,7,10,13,16-21,27H2,1-2H3,(H,30,31)(H,32,33)/b6-5-,9-8-,12-11-,15-14-. The third-order valence-electron chi connectivity index (χ3n) is 4.57. The monoisotopic (exact) mass is 559 g/mol. The average Bonchev–Trinajstić information content (AvgIpc) is 2.87. The van der Waals surface area contributed by atoms with E-state index in [2.05, 4.69) is 41.8 Å². The molecule has 0 fully saturated rings. The molecular weight excluding hydrogens is 517 g/mol. The lowest BCUT2D eigenvalue weighted by molar-refractivity contribution is -0.161. The van der Waals surface area contributed by atoms with Crippen LogP contribution in [0.15, 0.2) is 48.6 Å². The topological polar surface area (TPSA) is 172 Å². The number of hydrogen-bond acceptors (Lipinski definition) is 9. The maximum absolute atomic E-state index is 12.2. The van der Waals surface area contributed by atoms with Crippen molar-refractivity contribution in [1.29, 1.82) is 0 Å². The van der Waals surface area contributed by atoms with Gasteiger partial charge in [0.05, 0.1) is 13.2 Å². The van der Waals surface area contributed by atoms with Gasteiger partial charge in [-0.25, -0.2) is 4.57 Å². The fourth-order valence-corrected chi connectivity index (χ4v) is 3.36. The molecule has 38 heavy (non-hydrogen) atoms. The Hall–Kier alpha value is -2.56. The molecular formula is C26H42NO10P. The SMILES string of the molecule is CC/C=C\C/C=C\C/C=C\C/C=C\CCC(=O)OC(COC(=O)CCC)COP(=O)(O)OCC(N)C(=O)O. The first-order chi connectivity index (χ1) is 18.1. The summed E-state index contributed by atoms with van der Waals surface area (Å²) < 4.78 is 31.6. The van der Waals surface area contributed by atoms with Crippen LogP contribution in [0.4, 0.5) is 0 Å². The maximum Gasteiger partial charge on any atom is 0.472 e. The zero-order chi connectivity index (χ0) is 28.7. The molecule has 0 radical (unpaired) electrons. The van der Waals surface area contributed by atoms with Gasteiger partial charge in [-0.1, -0.05) is 62.5 Å². The first-order valence-electron chi connectivity index (χ1n) is 12.7. The minimum Gasteiger partial charge on any atom is -0.480 e. The van der Waals surface area contributed by atoms with E-state index in [1.165, 1.54) is 0 Å². The second kappa shape index (κ2) is 22.4.